The maximum atomic E-state index is 4.54. The quantitative estimate of drug-likeness (QED) is 0.287. The first-order valence-corrected chi connectivity index (χ1v) is 14.5. The predicted molar refractivity (Wildman–Crippen MR) is 121 cm³/mol. The fraction of sp³-hybridized carbons (Fsp3) is 0.200. The molecule has 2 aromatic heterocycles. The van der Waals surface area contributed by atoms with Crippen LogP contribution in [0.3, 0.4) is 0 Å². The van der Waals surface area contributed by atoms with Crippen LogP contribution in [-0.2, 0) is 17.8 Å². The van der Waals surface area contributed by atoms with E-state index in [0.717, 1.165) is 28.9 Å². The summed E-state index contributed by atoms with van der Waals surface area (Å²) in [6.45, 7) is 6.74. The Kier molecular flexibility index (Phi) is 7.75. The Bertz CT molecular complexity index is 969. The summed E-state index contributed by atoms with van der Waals surface area (Å²) < 4.78 is 0. The Morgan fingerprint density at radius 2 is 1.48 bits per heavy atom. The first-order valence-electron chi connectivity index (χ1n) is 9.52. The second-order valence-corrected chi connectivity index (χ2v) is 7.32. The van der Waals surface area contributed by atoms with Gasteiger partial charge in [0.2, 0.25) is 0 Å². The van der Waals surface area contributed by atoms with E-state index in [-0.39, 0.29) is 0 Å². The van der Waals surface area contributed by atoms with Crippen molar-refractivity contribution in [3.8, 4) is 22.5 Å². The average molecular weight is 626 g/mol. The van der Waals surface area contributed by atoms with Crippen LogP contribution in [-0.4, -0.2) is 9.97 Å². The van der Waals surface area contributed by atoms with Gasteiger partial charge in [0.1, 0.15) is 0 Å². The van der Waals surface area contributed by atoms with E-state index in [1.54, 1.807) is 0 Å². The molecular weight excluding hydrogens is 603 g/mol. The van der Waals surface area contributed by atoms with Gasteiger partial charge in [-0.1, -0.05) is 59.5 Å². The van der Waals surface area contributed by atoms with Gasteiger partial charge in [0.15, 0.2) is 0 Å². The number of hydrogen-bond donors (Lipinski definition) is 0. The van der Waals surface area contributed by atoms with Crippen molar-refractivity contribution in [2.24, 2.45) is 5.92 Å². The fourth-order valence-corrected chi connectivity index (χ4v) is 4.04. The molecule has 1 aliphatic carbocycles. The molecule has 1 atom stereocenters. The Morgan fingerprint density at radius 3 is 1.93 bits per heavy atom. The molecule has 1 aromatic carbocycles. The van der Waals surface area contributed by atoms with Crippen LogP contribution < -0.4 is 0 Å². The van der Waals surface area contributed by atoms with Crippen molar-refractivity contribution in [3.63, 3.8) is 0 Å². The molecule has 4 rings (SSSR count). The Labute approximate surface area is 191 Å². The number of nitrogens with zero attached hydrogens (tertiary/aromatic N) is 2. The second kappa shape index (κ2) is 10.3. The van der Waals surface area contributed by atoms with Crippen LogP contribution in [0, 0.1) is 12.0 Å². The third kappa shape index (κ3) is 5.21. The zero-order valence-electron chi connectivity index (χ0n) is 16.7. The molecule has 0 amide bonds. The van der Waals surface area contributed by atoms with Gasteiger partial charge in [-0.2, -0.15) is 0 Å². The first kappa shape index (κ1) is 21.9. The zero-order chi connectivity index (χ0) is 20.8. The number of pyridine rings is 2. The minimum absolute atomic E-state index is 0.491. The van der Waals surface area contributed by atoms with Crippen LogP contribution >= 0.6 is 13.3 Å². The number of benzene rings is 1. The van der Waals surface area contributed by atoms with Crippen LogP contribution in [0.5, 0.6) is 0 Å². The molecule has 2 heterocycles. The molecule has 2 nitrogen and oxygen atoms in total. The molecule has 4 heteroatoms. The van der Waals surface area contributed by atoms with E-state index in [1.165, 1.54) is 22.3 Å². The number of allylic oxidation sites excluding steroid dienone is 4. The van der Waals surface area contributed by atoms with Gasteiger partial charge in [-0.05, 0) is 49.5 Å². The van der Waals surface area contributed by atoms with Gasteiger partial charge in [-0.15, -0.1) is 18.2 Å². The van der Waals surface area contributed by atoms with E-state index >= 15 is 0 Å². The van der Waals surface area contributed by atoms with E-state index in [9.17, 15) is 0 Å². The van der Waals surface area contributed by atoms with E-state index in [2.05, 4.69) is 68.3 Å². The van der Waals surface area contributed by atoms with Crippen molar-refractivity contribution >= 4 is 18.9 Å². The molecule has 1 aliphatic rings. The molecule has 0 N–H and O–H groups in total. The molecular formula is C25H23BrN2Pt. The molecule has 0 aliphatic heterocycles. The van der Waals surface area contributed by atoms with Crippen LogP contribution in [0.25, 0.3) is 28.1 Å². The van der Waals surface area contributed by atoms with Crippen molar-refractivity contribution in [1.82, 2.24) is 9.97 Å². The van der Waals surface area contributed by atoms with Crippen LogP contribution in [0.15, 0.2) is 78.1 Å². The monoisotopic (exact) mass is 625 g/mol. The molecule has 29 heavy (non-hydrogen) atoms. The average Bonchev–Trinajstić information content (AvgIpc) is 2.75. The second-order valence-electron chi connectivity index (χ2n) is 7.32. The van der Waals surface area contributed by atoms with Gasteiger partial charge < -0.3 is 0 Å². The summed E-state index contributed by atoms with van der Waals surface area (Å²) in [5.74, 6) is 0.491. The Balaban J connectivity index is 0.00000117. The van der Waals surface area contributed by atoms with Gasteiger partial charge in [0, 0.05) is 23.8 Å². The Hall–Kier alpha value is -1.83. The molecule has 0 bridgehead atoms. The Morgan fingerprint density at radius 1 is 0.931 bits per heavy atom. The van der Waals surface area contributed by atoms with Gasteiger partial charge >= 0.3 is 31.1 Å². The summed E-state index contributed by atoms with van der Waals surface area (Å²) >= 11 is 4.86. The van der Waals surface area contributed by atoms with E-state index in [1.807, 2.05) is 66.5 Å². The van der Waals surface area contributed by atoms with Gasteiger partial charge in [0.25, 0.3) is 0 Å². The molecule has 0 radical (unpaired) electrons. The third-order valence-electron chi connectivity index (χ3n) is 5.07. The summed E-state index contributed by atoms with van der Waals surface area (Å²) in [4.78, 5) is 9.08. The molecule has 150 valence electrons. The van der Waals surface area contributed by atoms with Crippen molar-refractivity contribution in [2.75, 3.05) is 0 Å². The van der Waals surface area contributed by atoms with E-state index < -0.39 is 0 Å². The standard InChI is InChI=1S/C25H23N2.BrH.Pt/c1-17-12-18(2)25(19(3)13-17)22-15-20(23-8-4-6-10-26-23)14-21(16-22)24-9-5-7-11-27-24;;/h4-12,15-16,19H,13H2,1-3H3;1H;/q-1;;+2/p-1. The van der Waals surface area contributed by atoms with E-state index in [4.69, 9.17) is 0 Å². The topological polar surface area (TPSA) is 25.8 Å². The number of halogens is 1. The maximum absolute atomic E-state index is 4.54. The molecule has 0 spiro atoms. The SMILES string of the molecule is CC1=CC(C)=C(c2cc(-c3ccccn3)[c-]c(-c3ccccn3)c2)C(C)C1.[Br][Pt+]. The summed E-state index contributed by atoms with van der Waals surface area (Å²) in [5.41, 5.74) is 9.32. The van der Waals surface area contributed by atoms with Crippen LogP contribution in [0.2, 0.25) is 0 Å². The summed E-state index contributed by atoms with van der Waals surface area (Å²) in [6.07, 6.45) is 7.07. The first-order chi connectivity index (χ1) is 14.1. The molecule has 0 saturated carbocycles. The molecule has 1 unspecified atom stereocenters. The third-order valence-corrected chi connectivity index (χ3v) is 5.07. The molecule has 0 saturated heterocycles. The van der Waals surface area contributed by atoms with Gasteiger partial charge in [-0.25, -0.2) is 0 Å². The number of aromatic nitrogens is 2. The number of rotatable bonds is 3. The molecule has 3 aromatic rings. The molecule has 0 fully saturated rings. The van der Waals surface area contributed by atoms with Gasteiger partial charge in [-0.3, -0.25) is 9.97 Å². The zero-order valence-corrected chi connectivity index (χ0v) is 20.6. The van der Waals surface area contributed by atoms with Crippen molar-refractivity contribution in [3.05, 3.63) is 89.8 Å². The van der Waals surface area contributed by atoms with Crippen LogP contribution in [0.4, 0.5) is 0 Å². The van der Waals surface area contributed by atoms with Gasteiger partial charge in [0.05, 0.1) is 0 Å². The predicted octanol–water partition coefficient (Wildman–Crippen LogP) is 7.21. The minimum atomic E-state index is 0.491. The van der Waals surface area contributed by atoms with Crippen LogP contribution in [0.1, 0.15) is 32.8 Å². The fourth-order valence-electron chi connectivity index (χ4n) is 4.04. The number of hydrogen-bond acceptors (Lipinski definition) is 2. The summed E-state index contributed by atoms with van der Waals surface area (Å²) in [6, 6.07) is 20.0. The summed E-state index contributed by atoms with van der Waals surface area (Å²) in [7, 11) is 0. The van der Waals surface area contributed by atoms with Crippen molar-refractivity contribution in [2.45, 2.75) is 27.2 Å². The van der Waals surface area contributed by atoms with Crippen molar-refractivity contribution in [1.29, 1.82) is 0 Å². The van der Waals surface area contributed by atoms with Crippen molar-refractivity contribution < 1.29 is 17.8 Å². The van der Waals surface area contributed by atoms with E-state index in [0.29, 0.717) is 5.92 Å². The normalized spacial score (nSPS) is 16.1. The summed E-state index contributed by atoms with van der Waals surface area (Å²) in [5, 5.41) is 0.